The molecule has 118 valence electrons. The molecule has 2 fully saturated rings. The Morgan fingerprint density at radius 1 is 1.14 bits per heavy atom. The quantitative estimate of drug-likeness (QED) is 0.801. The highest BCUT2D eigenvalue weighted by molar-refractivity contribution is 6.19. The fraction of sp³-hybridized carbons (Fsp3) is 0.800. The molecule has 6 heteroatoms. The van der Waals surface area contributed by atoms with Crippen molar-refractivity contribution in [1.82, 2.24) is 10.2 Å². The van der Waals surface area contributed by atoms with E-state index >= 15 is 0 Å². The van der Waals surface area contributed by atoms with E-state index in [2.05, 4.69) is 12.2 Å². The van der Waals surface area contributed by atoms with Crippen LogP contribution in [-0.4, -0.2) is 42.5 Å². The van der Waals surface area contributed by atoms with Crippen LogP contribution in [0.4, 0.5) is 4.79 Å². The molecule has 0 aromatic heterocycles. The van der Waals surface area contributed by atoms with Gasteiger partial charge in [-0.25, -0.2) is 4.79 Å². The van der Waals surface area contributed by atoms with Crippen LogP contribution in [0.5, 0.6) is 0 Å². The third-order valence-corrected chi connectivity index (χ3v) is 5.00. The van der Waals surface area contributed by atoms with E-state index in [1.54, 1.807) is 0 Å². The molecule has 0 atom stereocenters. The van der Waals surface area contributed by atoms with Gasteiger partial charge >= 0.3 is 6.03 Å². The molecule has 0 bridgehead atoms. The van der Waals surface area contributed by atoms with E-state index < -0.39 is 17.4 Å². The summed E-state index contributed by atoms with van der Waals surface area (Å²) in [5, 5.41) is 2.36. The fourth-order valence-electron chi connectivity index (χ4n) is 3.15. The van der Waals surface area contributed by atoms with E-state index in [1.807, 2.05) is 13.8 Å². The van der Waals surface area contributed by atoms with Gasteiger partial charge < -0.3 is 4.74 Å². The monoisotopic (exact) mass is 296 g/mol. The molecule has 0 aliphatic carbocycles. The van der Waals surface area contributed by atoms with Gasteiger partial charge in [0.05, 0.1) is 0 Å². The summed E-state index contributed by atoms with van der Waals surface area (Å²) in [6, 6.07) is -0.588. The van der Waals surface area contributed by atoms with E-state index in [4.69, 9.17) is 4.74 Å². The van der Waals surface area contributed by atoms with Crippen molar-refractivity contribution in [3.8, 4) is 0 Å². The van der Waals surface area contributed by atoms with Gasteiger partial charge in [0.25, 0.3) is 0 Å². The summed E-state index contributed by atoms with van der Waals surface area (Å²) in [7, 11) is 0. The molecular weight excluding hydrogens is 272 g/mol. The van der Waals surface area contributed by atoms with E-state index in [0.717, 1.165) is 12.8 Å². The van der Waals surface area contributed by atoms with E-state index in [-0.39, 0.29) is 11.3 Å². The Morgan fingerprint density at radius 3 is 2.24 bits per heavy atom. The molecule has 0 aromatic carbocycles. The molecule has 0 aromatic rings. The van der Waals surface area contributed by atoms with E-state index in [9.17, 15) is 14.4 Å². The molecule has 2 rings (SSSR count). The second-order valence-corrected chi connectivity index (χ2v) is 6.36. The van der Waals surface area contributed by atoms with Crippen LogP contribution in [0.2, 0.25) is 0 Å². The van der Waals surface area contributed by atoms with Crippen LogP contribution in [0.3, 0.4) is 0 Å². The number of carbonyl (C=O) groups is 3. The van der Waals surface area contributed by atoms with Crippen LogP contribution in [0.25, 0.3) is 0 Å². The van der Waals surface area contributed by atoms with Gasteiger partial charge in [-0.3, -0.25) is 19.8 Å². The van der Waals surface area contributed by atoms with Crippen LogP contribution in [0.1, 0.15) is 46.5 Å². The first-order valence-corrected chi connectivity index (χ1v) is 7.64. The van der Waals surface area contributed by atoms with Crippen molar-refractivity contribution >= 4 is 17.8 Å². The summed E-state index contributed by atoms with van der Waals surface area (Å²) < 4.78 is 5.35. The molecule has 6 nitrogen and oxygen atoms in total. The first-order valence-electron chi connectivity index (χ1n) is 7.64. The first kappa shape index (κ1) is 15.9. The van der Waals surface area contributed by atoms with Crippen LogP contribution >= 0.6 is 0 Å². The minimum atomic E-state index is -1.10. The average molecular weight is 296 g/mol. The molecule has 0 spiro atoms. The second-order valence-electron chi connectivity index (χ2n) is 6.36. The number of hydrogen-bond donors (Lipinski definition) is 1. The number of nitrogens with one attached hydrogen (secondary N) is 1. The predicted octanol–water partition coefficient (Wildman–Crippen LogP) is 1.69. The number of carbonyl (C=O) groups excluding carboxylic acids is 3. The summed E-state index contributed by atoms with van der Waals surface area (Å²) in [5.41, 5.74) is -1.24. The predicted molar refractivity (Wildman–Crippen MR) is 76.4 cm³/mol. The van der Waals surface area contributed by atoms with Crippen molar-refractivity contribution in [2.45, 2.75) is 46.5 Å². The summed E-state index contributed by atoms with van der Waals surface area (Å²) in [6.07, 6.45) is 2.42. The fourth-order valence-corrected chi connectivity index (χ4v) is 3.15. The molecule has 0 unspecified atom stereocenters. The number of hydrogen-bond acceptors (Lipinski definition) is 4. The van der Waals surface area contributed by atoms with Crippen LogP contribution in [0.15, 0.2) is 0 Å². The van der Waals surface area contributed by atoms with Crippen LogP contribution < -0.4 is 5.32 Å². The third-order valence-electron chi connectivity index (χ3n) is 5.00. The lowest BCUT2D eigenvalue weighted by atomic mass is 9.76. The van der Waals surface area contributed by atoms with Gasteiger partial charge in [0, 0.05) is 19.8 Å². The SMILES string of the molecule is CCC1(CC)C(=O)NC(=O)N(CC2(C)CCOCC2)C1=O. The zero-order valence-electron chi connectivity index (χ0n) is 13.0. The van der Waals surface area contributed by atoms with Crippen LogP contribution in [0, 0.1) is 10.8 Å². The van der Waals surface area contributed by atoms with Gasteiger partial charge in [-0.05, 0) is 31.1 Å². The maximum absolute atomic E-state index is 12.8. The Labute approximate surface area is 125 Å². The second kappa shape index (κ2) is 5.75. The minimum Gasteiger partial charge on any atom is -0.381 e. The maximum Gasteiger partial charge on any atom is 0.330 e. The molecule has 2 aliphatic heterocycles. The zero-order chi connectivity index (χ0) is 15.7. The van der Waals surface area contributed by atoms with E-state index in [0.29, 0.717) is 32.6 Å². The van der Waals surface area contributed by atoms with Crippen molar-refractivity contribution in [2.24, 2.45) is 10.8 Å². The molecule has 0 saturated carbocycles. The number of nitrogens with zero attached hydrogens (tertiary/aromatic N) is 1. The Bertz CT molecular complexity index is 451. The number of rotatable bonds is 4. The third kappa shape index (κ3) is 2.69. The van der Waals surface area contributed by atoms with Gasteiger partial charge in [-0.15, -0.1) is 0 Å². The molecule has 2 saturated heterocycles. The Balaban J connectivity index is 2.23. The van der Waals surface area contributed by atoms with E-state index in [1.165, 1.54) is 4.90 Å². The topological polar surface area (TPSA) is 75.7 Å². The van der Waals surface area contributed by atoms with Crippen molar-refractivity contribution in [1.29, 1.82) is 0 Å². The van der Waals surface area contributed by atoms with Crippen molar-refractivity contribution in [2.75, 3.05) is 19.8 Å². The molecular formula is C15H24N2O4. The van der Waals surface area contributed by atoms with Crippen LogP contribution in [-0.2, 0) is 14.3 Å². The lowest BCUT2D eigenvalue weighted by Crippen LogP contribution is -2.65. The highest BCUT2D eigenvalue weighted by atomic mass is 16.5. The normalized spacial score (nSPS) is 24.9. The summed E-state index contributed by atoms with van der Waals surface area (Å²) in [6.45, 7) is 7.32. The zero-order valence-corrected chi connectivity index (χ0v) is 13.0. The molecule has 4 amide bonds. The van der Waals surface area contributed by atoms with Crippen molar-refractivity contribution in [3.63, 3.8) is 0 Å². The smallest absolute Gasteiger partial charge is 0.330 e. The lowest BCUT2D eigenvalue weighted by Gasteiger charge is -2.43. The Hall–Kier alpha value is -1.43. The molecule has 1 N–H and O–H groups in total. The summed E-state index contributed by atoms with van der Waals surface area (Å²) in [5.74, 6) is -0.815. The summed E-state index contributed by atoms with van der Waals surface area (Å²) >= 11 is 0. The number of amides is 4. The van der Waals surface area contributed by atoms with Gasteiger partial charge in [0.2, 0.25) is 11.8 Å². The first-order chi connectivity index (χ1) is 9.88. The maximum atomic E-state index is 12.8. The molecule has 0 radical (unpaired) electrons. The number of urea groups is 1. The number of barbiturate groups is 1. The molecule has 21 heavy (non-hydrogen) atoms. The van der Waals surface area contributed by atoms with Gasteiger partial charge in [0.1, 0.15) is 5.41 Å². The van der Waals surface area contributed by atoms with Gasteiger partial charge in [-0.1, -0.05) is 20.8 Å². The Morgan fingerprint density at radius 2 is 1.71 bits per heavy atom. The van der Waals surface area contributed by atoms with Crippen molar-refractivity contribution in [3.05, 3.63) is 0 Å². The number of imide groups is 2. The number of ether oxygens (including phenoxy) is 1. The highest BCUT2D eigenvalue weighted by Gasteiger charge is 2.52. The highest BCUT2D eigenvalue weighted by Crippen LogP contribution is 2.36. The van der Waals surface area contributed by atoms with Crippen molar-refractivity contribution < 1.29 is 19.1 Å². The summed E-state index contributed by atoms with van der Waals surface area (Å²) in [4.78, 5) is 38.2. The largest absolute Gasteiger partial charge is 0.381 e. The molecule has 2 heterocycles. The van der Waals surface area contributed by atoms with Gasteiger partial charge in [0.15, 0.2) is 0 Å². The minimum absolute atomic E-state index is 0.140. The average Bonchev–Trinajstić information content (AvgIpc) is 2.46. The standard InChI is InChI=1S/C15H24N2O4/c1-4-15(5-2)11(18)16-13(20)17(12(15)19)10-14(3)6-8-21-9-7-14/h4-10H2,1-3H3,(H,16,18,20). The van der Waals surface area contributed by atoms with Gasteiger partial charge in [-0.2, -0.15) is 0 Å². The Kier molecular flexibility index (Phi) is 4.37. The molecule has 2 aliphatic rings. The lowest BCUT2D eigenvalue weighted by molar-refractivity contribution is -0.153.